The molecule has 0 radical (unpaired) electrons. The molecule has 0 heterocycles. The fourth-order valence-corrected chi connectivity index (χ4v) is 1.86. The summed E-state index contributed by atoms with van der Waals surface area (Å²) in [4.78, 5) is 11.8. The Morgan fingerprint density at radius 1 is 1.28 bits per heavy atom. The number of methoxy groups -OCH3 is 1. The van der Waals surface area contributed by atoms with E-state index >= 15 is 0 Å². The second kappa shape index (κ2) is 7.88. The van der Waals surface area contributed by atoms with E-state index in [1.54, 1.807) is 0 Å². The van der Waals surface area contributed by atoms with Gasteiger partial charge in [-0.3, -0.25) is 0 Å². The molecule has 1 aromatic rings. The summed E-state index contributed by atoms with van der Waals surface area (Å²) in [6.45, 7) is 5.23. The highest BCUT2D eigenvalue weighted by atomic mass is 16.5. The first-order chi connectivity index (χ1) is 8.65. The number of carbonyl (C=O) groups excluding carboxylic acids is 1. The Hall–Kier alpha value is -1.35. The molecule has 1 N–H and O–H groups in total. The molecule has 0 fully saturated rings. The van der Waals surface area contributed by atoms with E-state index in [2.05, 4.69) is 19.2 Å². The molecule has 3 nitrogen and oxygen atoms in total. The van der Waals surface area contributed by atoms with Crippen LogP contribution in [0.1, 0.15) is 38.3 Å². The third kappa shape index (κ3) is 4.88. The van der Waals surface area contributed by atoms with E-state index in [1.807, 2.05) is 30.3 Å². The van der Waals surface area contributed by atoms with E-state index in [0.29, 0.717) is 5.92 Å². The fourth-order valence-electron chi connectivity index (χ4n) is 1.86. The van der Waals surface area contributed by atoms with Crippen LogP contribution < -0.4 is 5.32 Å². The summed E-state index contributed by atoms with van der Waals surface area (Å²) in [7, 11) is 1.42. The van der Waals surface area contributed by atoms with E-state index in [9.17, 15) is 4.79 Å². The Bertz CT molecular complexity index is 349. The Morgan fingerprint density at radius 2 is 1.94 bits per heavy atom. The molecule has 0 saturated heterocycles. The van der Waals surface area contributed by atoms with Crippen LogP contribution >= 0.6 is 0 Å². The minimum absolute atomic E-state index is 0.231. The molecule has 0 saturated carbocycles. The van der Waals surface area contributed by atoms with Gasteiger partial charge in [-0.2, -0.15) is 0 Å². The molecule has 3 heteroatoms. The summed E-state index contributed by atoms with van der Waals surface area (Å²) in [5.41, 5.74) is 0.953. The molecule has 0 amide bonds. The molecule has 1 rings (SSSR count). The maximum Gasteiger partial charge on any atom is 0.327 e. The van der Waals surface area contributed by atoms with Crippen molar-refractivity contribution >= 4 is 5.97 Å². The van der Waals surface area contributed by atoms with Crippen LogP contribution in [0.2, 0.25) is 0 Å². The van der Waals surface area contributed by atoms with Crippen LogP contribution in [-0.4, -0.2) is 19.6 Å². The summed E-state index contributed by atoms with van der Waals surface area (Å²) in [6, 6.07) is 9.33. The minimum atomic E-state index is -0.358. The highest BCUT2D eigenvalue weighted by Crippen LogP contribution is 2.14. The van der Waals surface area contributed by atoms with Crippen molar-refractivity contribution in [2.45, 2.75) is 32.7 Å². The number of rotatable bonds is 7. The maximum atomic E-state index is 11.8. The predicted molar refractivity (Wildman–Crippen MR) is 73.3 cm³/mol. The van der Waals surface area contributed by atoms with Gasteiger partial charge in [0.25, 0.3) is 0 Å². The Balaban J connectivity index is 2.55. The number of hydrogen-bond donors (Lipinski definition) is 1. The van der Waals surface area contributed by atoms with Gasteiger partial charge in [0.15, 0.2) is 0 Å². The summed E-state index contributed by atoms with van der Waals surface area (Å²) < 4.78 is 4.84. The van der Waals surface area contributed by atoms with Crippen LogP contribution in [0, 0.1) is 5.92 Å². The number of ether oxygens (including phenoxy) is 1. The molecule has 1 aromatic carbocycles. The van der Waals surface area contributed by atoms with Crippen LogP contribution in [-0.2, 0) is 9.53 Å². The second-order valence-corrected chi connectivity index (χ2v) is 4.86. The number of benzene rings is 1. The second-order valence-electron chi connectivity index (χ2n) is 4.86. The van der Waals surface area contributed by atoms with Crippen molar-refractivity contribution in [1.29, 1.82) is 0 Å². The first kappa shape index (κ1) is 14.7. The third-order valence-electron chi connectivity index (χ3n) is 2.88. The predicted octanol–water partition coefficient (Wildman–Crippen LogP) is 2.93. The van der Waals surface area contributed by atoms with E-state index in [-0.39, 0.29) is 12.0 Å². The van der Waals surface area contributed by atoms with Crippen LogP contribution in [0.15, 0.2) is 30.3 Å². The molecule has 0 spiro atoms. The quantitative estimate of drug-likeness (QED) is 0.596. The smallest absolute Gasteiger partial charge is 0.327 e. The Morgan fingerprint density at radius 3 is 2.50 bits per heavy atom. The first-order valence-corrected chi connectivity index (χ1v) is 6.51. The van der Waals surface area contributed by atoms with Crippen LogP contribution in [0.25, 0.3) is 0 Å². The van der Waals surface area contributed by atoms with Gasteiger partial charge < -0.3 is 10.1 Å². The van der Waals surface area contributed by atoms with Crippen molar-refractivity contribution in [2.75, 3.05) is 13.7 Å². The van der Waals surface area contributed by atoms with Crippen molar-refractivity contribution in [3.05, 3.63) is 35.9 Å². The topological polar surface area (TPSA) is 38.3 Å². The normalized spacial score (nSPS) is 12.4. The average molecular weight is 249 g/mol. The zero-order chi connectivity index (χ0) is 13.4. The monoisotopic (exact) mass is 249 g/mol. The molecule has 1 atom stereocenters. The molecular formula is C15H23NO2. The lowest BCUT2D eigenvalue weighted by Crippen LogP contribution is -2.30. The zero-order valence-electron chi connectivity index (χ0n) is 11.5. The van der Waals surface area contributed by atoms with Gasteiger partial charge >= 0.3 is 5.97 Å². The minimum Gasteiger partial charge on any atom is -0.468 e. The number of hydrogen-bond acceptors (Lipinski definition) is 3. The summed E-state index contributed by atoms with van der Waals surface area (Å²) in [5.74, 6) is 0.464. The van der Waals surface area contributed by atoms with E-state index in [1.165, 1.54) is 7.11 Å². The van der Waals surface area contributed by atoms with Crippen molar-refractivity contribution in [2.24, 2.45) is 5.92 Å². The lowest BCUT2D eigenvalue weighted by Gasteiger charge is -2.17. The van der Waals surface area contributed by atoms with Crippen LogP contribution in [0.4, 0.5) is 0 Å². The average Bonchev–Trinajstić information content (AvgIpc) is 2.38. The molecule has 0 aromatic heterocycles. The van der Waals surface area contributed by atoms with Gasteiger partial charge in [-0.25, -0.2) is 4.79 Å². The van der Waals surface area contributed by atoms with Crippen molar-refractivity contribution < 1.29 is 9.53 Å². The molecule has 0 aliphatic heterocycles. The lowest BCUT2D eigenvalue weighted by molar-refractivity contribution is -0.143. The summed E-state index contributed by atoms with van der Waals surface area (Å²) in [6.07, 6.45) is 2.23. The van der Waals surface area contributed by atoms with Crippen molar-refractivity contribution in [3.8, 4) is 0 Å². The molecule has 18 heavy (non-hydrogen) atoms. The van der Waals surface area contributed by atoms with E-state index < -0.39 is 0 Å². The van der Waals surface area contributed by atoms with Gasteiger partial charge in [-0.15, -0.1) is 0 Å². The van der Waals surface area contributed by atoms with Gasteiger partial charge in [0, 0.05) is 0 Å². The van der Waals surface area contributed by atoms with E-state index in [4.69, 9.17) is 4.74 Å². The highest BCUT2D eigenvalue weighted by molar-refractivity contribution is 5.77. The molecule has 0 aliphatic rings. The number of nitrogens with one attached hydrogen (secondary N) is 1. The SMILES string of the molecule is COC(=O)C(NCCCC(C)C)c1ccccc1. The third-order valence-corrected chi connectivity index (χ3v) is 2.88. The number of esters is 1. The van der Waals surface area contributed by atoms with Gasteiger partial charge in [0.2, 0.25) is 0 Å². The largest absolute Gasteiger partial charge is 0.468 e. The molecule has 100 valence electrons. The standard InChI is InChI=1S/C15H23NO2/c1-12(2)8-7-11-16-14(15(17)18-3)13-9-5-4-6-10-13/h4-6,9-10,12,14,16H,7-8,11H2,1-3H3. The summed E-state index contributed by atoms with van der Waals surface area (Å²) >= 11 is 0. The van der Waals surface area contributed by atoms with Gasteiger partial charge in [-0.1, -0.05) is 44.2 Å². The molecule has 0 aliphatic carbocycles. The molecule has 0 bridgehead atoms. The first-order valence-electron chi connectivity index (χ1n) is 6.51. The van der Waals surface area contributed by atoms with Crippen LogP contribution in [0.5, 0.6) is 0 Å². The van der Waals surface area contributed by atoms with Gasteiger partial charge in [0.1, 0.15) is 6.04 Å². The maximum absolute atomic E-state index is 11.8. The van der Waals surface area contributed by atoms with Crippen LogP contribution in [0.3, 0.4) is 0 Å². The van der Waals surface area contributed by atoms with Gasteiger partial charge in [0.05, 0.1) is 7.11 Å². The lowest BCUT2D eigenvalue weighted by atomic mass is 10.1. The van der Waals surface area contributed by atoms with E-state index in [0.717, 1.165) is 24.9 Å². The fraction of sp³-hybridized carbons (Fsp3) is 0.533. The highest BCUT2D eigenvalue weighted by Gasteiger charge is 2.19. The Kier molecular flexibility index (Phi) is 6.44. The van der Waals surface area contributed by atoms with Crippen molar-refractivity contribution in [3.63, 3.8) is 0 Å². The summed E-state index contributed by atoms with van der Waals surface area (Å²) in [5, 5.41) is 3.27. The molecule has 1 unspecified atom stereocenters. The van der Waals surface area contributed by atoms with Crippen molar-refractivity contribution in [1.82, 2.24) is 5.32 Å². The number of carbonyl (C=O) groups is 1. The molecular weight excluding hydrogens is 226 g/mol. The Labute approximate surface area is 110 Å². The zero-order valence-corrected chi connectivity index (χ0v) is 11.5. The van der Waals surface area contributed by atoms with Gasteiger partial charge in [-0.05, 0) is 30.9 Å².